The molecule has 0 atom stereocenters. The Morgan fingerprint density at radius 1 is 1.11 bits per heavy atom. The van der Waals surface area contributed by atoms with Gasteiger partial charge in [0.05, 0.1) is 35.9 Å². The fourth-order valence-corrected chi connectivity index (χ4v) is 3.34. The summed E-state index contributed by atoms with van der Waals surface area (Å²) in [4.78, 5) is 19.7. The van der Waals surface area contributed by atoms with E-state index in [1.54, 1.807) is 37.4 Å². The number of alkyl halides is 3. The van der Waals surface area contributed by atoms with Crippen molar-refractivity contribution in [3.63, 3.8) is 0 Å². The molecule has 0 bridgehead atoms. The molecule has 12 heteroatoms. The van der Waals surface area contributed by atoms with Crippen molar-refractivity contribution >= 4 is 17.3 Å². The Bertz CT molecular complexity index is 1390. The van der Waals surface area contributed by atoms with Crippen LogP contribution in [0.1, 0.15) is 5.56 Å². The number of halogens is 4. The zero-order valence-corrected chi connectivity index (χ0v) is 19.0. The van der Waals surface area contributed by atoms with Crippen LogP contribution in [0.2, 0.25) is 0 Å². The lowest BCUT2D eigenvalue weighted by Gasteiger charge is -2.17. The van der Waals surface area contributed by atoms with E-state index in [0.717, 1.165) is 6.07 Å². The van der Waals surface area contributed by atoms with E-state index in [2.05, 4.69) is 25.1 Å². The summed E-state index contributed by atoms with van der Waals surface area (Å²) in [7, 11) is 2.76. The first-order chi connectivity index (χ1) is 17.2. The Hall–Kier alpha value is -4.48. The maximum atomic E-state index is 14.9. The molecular formula is C24H19F4N5O3. The van der Waals surface area contributed by atoms with Crippen LogP contribution in [-0.2, 0) is 22.8 Å². The van der Waals surface area contributed by atoms with Crippen molar-refractivity contribution in [3.8, 4) is 28.5 Å². The van der Waals surface area contributed by atoms with E-state index in [9.17, 15) is 22.4 Å². The molecular weight excluding hydrogens is 482 g/mol. The highest BCUT2D eigenvalue weighted by molar-refractivity contribution is 5.80. The van der Waals surface area contributed by atoms with Crippen LogP contribution in [0, 0.1) is 5.82 Å². The highest BCUT2D eigenvalue weighted by atomic mass is 19.4. The van der Waals surface area contributed by atoms with Crippen molar-refractivity contribution in [2.24, 2.45) is 7.05 Å². The highest BCUT2D eigenvalue weighted by Gasteiger charge is 2.35. The maximum absolute atomic E-state index is 14.9. The van der Waals surface area contributed by atoms with Gasteiger partial charge in [-0.05, 0) is 18.2 Å². The van der Waals surface area contributed by atoms with Crippen molar-refractivity contribution in [2.75, 3.05) is 19.0 Å². The van der Waals surface area contributed by atoms with E-state index in [1.807, 2.05) is 0 Å². The number of ether oxygens (including phenoxy) is 2. The molecule has 0 saturated heterocycles. The van der Waals surface area contributed by atoms with Crippen LogP contribution in [-0.4, -0.2) is 39.4 Å². The van der Waals surface area contributed by atoms with Crippen LogP contribution >= 0.6 is 0 Å². The average molecular weight is 501 g/mol. The van der Waals surface area contributed by atoms with Crippen LogP contribution in [0.25, 0.3) is 22.5 Å². The Morgan fingerprint density at radius 2 is 1.86 bits per heavy atom. The SMILES string of the molecule is COC(=O)COc1ncc(Nc2cc(-c3ccn(C)n3)c(C(F)(F)F)cc2F)c(-c2ccccc2)n1. The van der Waals surface area contributed by atoms with Crippen molar-refractivity contribution in [2.45, 2.75) is 6.18 Å². The summed E-state index contributed by atoms with van der Waals surface area (Å²) in [6.45, 7) is -0.432. The minimum atomic E-state index is -4.80. The lowest BCUT2D eigenvalue weighted by molar-refractivity contribution is -0.143. The summed E-state index contributed by atoms with van der Waals surface area (Å²) in [5.74, 6) is -1.78. The van der Waals surface area contributed by atoms with Gasteiger partial charge >= 0.3 is 18.2 Å². The molecule has 2 aromatic heterocycles. The summed E-state index contributed by atoms with van der Waals surface area (Å²) < 4.78 is 67.1. The summed E-state index contributed by atoms with van der Waals surface area (Å²) >= 11 is 0. The van der Waals surface area contributed by atoms with Gasteiger partial charge in [0.15, 0.2) is 6.61 Å². The molecule has 0 aliphatic heterocycles. The van der Waals surface area contributed by atoms with Gasteiger partial charge in [-0.3, -0.25) is 4.68 Å². The molecule has 0 amide bonds. The third-order valence-electron chi connectivity index (χ3n) is 5.03. The molecule has 0 radical (unpaired) electrons. The number of aryl methyl sites for hydroxylation is 1. The second-order valence-corrected chi connectivity index (χ2v) is 7.52. The van der Waals surface area contributed by atoms with Gasteiger partial charge < -0.3 is 14.8 Å². The lowest BCUT2D eigenvalue weighted by Crippen LogP contribution is -2.14. The smallest absolute Gasteiger partial charge is 0.417 e. The maximum Gasteiger partial charge on any atom is 0.417 e. The molecule has 2 heterocycles. The van der Waals surface area contributed by atoms with Crippen LogP contribution < -0.4 is 10.1 Å². The Balaban J connectivity index is 1.78. The quantitative estimate of drug-likeness (QED) is 0.282. The van der Waals surface area contributed by atoms with Crippen LogP contribution in [0.15, 0.2) is 60.9 Å². The van der Waals surface area contributed by atoms with Crippen LogP contribution in [0.5, 0.6) is 6.01 Å². The molecule has 0 unspecified atom stereocenters. The van der Waals surface area contributed by atoms with Crippen LogP contribution in [0.4, 0.5) is 28.9 Å². The highest BCUT2D eigenvalue weighted by Crippen LogP contribution is 2.40. The summed E-state index contributed by atoms with van der Waals surface area (Å²) in [6, 6.07) is 11.4. The second-order valence-electron chi connectivity index (χ2n) is 7.52. The first-order valence-electron chi connectivity index (χ1n) is 10.5. The Labute approximate surface area is 202 Å². The van der Waals surface area contributed by atoms with Gasteiger partial charge in [0.2, 0.25) is 0 Å². The second kappa shape index (κ2) is 10.0. The van der Waals surface area contributed by atoms with E-state index < -0.39 is 30.1 Å². The van der Waals surface area contributed by atoms with E-state index in [-0.39, 0.29) is 34.3 Å². The number of nitrogens with zero attached hydrogens (tertiary/aromatic N) is 4. The molecule has 0 aliphatic rings. The van der Waals surface area contributed by atoms with Crippen molar-refractivity contribution in [3.05, 3.63) is 72.3 Å². The number of aromatic nitrogens is 4. The monoisotopic (exact) mass is 501 g/mol. The number of methoxy groups -OCH3 is 1. The molecule has 0 spiro atoms. The molecule has 36 heavy (non-hydrogen) atoms. The summed E-state index contributed by atoms with van der Waals surface area (Å²) in [5, 5.41) is 6.83. The van der Waals surface area contributed by atoms with Crippen LogP contribution in [0.3, 0.4) is 0 Å². The van der Waals surface area contributed by atoms with Gasteiger partial charge in [0, 0.05) is 24.4 Å². The number of hydrogen-bond acceptors (Lipinski definition) is 7. The van der Waals surface area contributed by atoms with Gasteiger partial charge in [-0.15, -0.1) is 0 Å². The minimum Gasteiger partial charge on any atom is -0.466 e. The molecule has 1 N–H and O–H groups in total. The van der Waals surface area contributed by atoms with E-state index in [0.29, 0.717) is 11.6 Å². The number of carbonyl (C=O) groups is 1. The van der Waals surface area contributed by atoms with Gasteiger partial charge in [-0.1, -0.05) is 30.3 Å². The lowest BCUT2D eigenvalue weighted by atomic mass is 10.0. The molecule has 2 aromatic carbocycles. The normalized spacial score (nSPS) is 11.3. The number of carbonyl (C=O) groups excluding carboxylic acids is 1. The van der Waals surface area contributed by atoms with Crippen molar-refractivity contribution < 1.29 is 31.8 Å². The third-order valence-corrected chi connectivity index (χ3v) is 5.03. The van der Waals surface area contributed by atoms with E-state index in [1.165, 1.54) is 30.3 Å². The molecule has 8 nitrogen and oxygen atoms in total. The number of anilines is 2. The van der Waals surface area contributed by atoms with E-state index >= 15 is 0 Å². The first-order valence-corrected chi connectivity index (χ1v) is 10.5. The standard InChI is InChI=1S/C24H19F4N5O3/c1-33-9-8-18(32-33)15-10-19(17(25)11-16(15)24(26,27)28)30-20-12-29-23(36-13-21(34)35-2)31-22(20)14-6-4-3-5-7-14/h3-12,30H,13H2,1-2H3. The third kappa shape index (κ3) is 5.43. The number of rotatable bonds is 7. The number of benzene rings is 2. The molecule has 186 valence electrons. The fourth-order valence-electron chi connectivity index (χ4n) is 3.34. The van der Waals surface area contributed by atoms with Crippen molar-refractivity contribution in [1.82, 2.24) is 19.7 Å². The fraction of sp³-hybridized carbons (Fsp3) is 0.167. The molecule has 0 fully saturated rings. The number of esters is 1. The topological polar surface area (TPSA) is 91.2 Å². The minimum absolute atomic E-state index is 0.0268. The number of hydrogen-bond donors (Lipinski definition) is 1. The van der Waals surface area contributed by atoms with E-state index in [4.69, 9.17) is 4.74 Å². The Kier molecular flexibility index (Phi) is 6.86. The largest absolute Gasteiger partial charge is 0.466 e. The predicted molar refractivity (Wildman–Crippen MR) is 122 cm³/mol. The zero-order chi connectivity index (χ0) is 25.9. The Morgan fingerprint density at radius 3 is 2.50 bits per heavy atom. The molecule has 4 aromatic rings. The number of nitrogens with one attached hydrogen (secondary N) is 1. The first kappa shape index (κ1) is 24.6. The summed E-state index contributed by atoms with van der Waals surface area (Å²) in [5.41, 5.74) is -0.627. The molecule has 4 rings (SSSR count). The average Bonchev–Trinajstić information content (AvgIpc) is 3.30. The summed E-state index contributed by atoms with van der Waals surface area (Å²) in [6.07, 6.45) is -2.04. The molecule has 0 aliphatic carbocycles. The van der Waals surface area contributed by atoms with Gasteiger partial charge in [0.25, 0.3) is 0 Å². The van der Waals surface area contributed by atoms with Gasteiger partial charge in [-0.2, -0.15) is 23.3 Å². The molecule has 0 saturated carbocycles. The van der Waals surface area contributed by atoms with Gasteiger partial charge in [-0.25, -0.2) is 14.2 Å². The zero-order valence-electron chi connectivity index (χ0n) is 19.0. The predicted octanol–water partition coefficient (Wildman–Crippen LogP) is 5.00. The van der Waals surface area contributed by atoms with Crippen molar-refractivity contribution in [1.29, 1.82) is 0 Å². The van der Waals surface area contributed by atoms with Gasteiger partial charge in [0.1, 0.15) is 11.5 Å².